The molecule has 1 aromatic carbocycles. The van der Waals surface area contributed by atoms with Crippen molar-refractivity contribution in [2.45, 2.75) is 51.1 Å². The number of guanidine groups is 1. The number of hydrogen-bond acceptors (Lipinski definition) is 3. The second kappa shape index (κ2) is 10.3. The van der Waals surface area contributed by atoms with Crippen LogP contribution in [0.5, 0.6) is 0 Å². The van der Waals surface area contributed by atoms with Crippen LogP contribution in [0.25, 0.3) is 0 Å². The van der Waals surface area contributed by atoms with E-state index in [2.05, 4.69) is 71.4 Å². The Morgan fingerprint density at radius 2 is 1.75 bits per heavy atom. The van der Waals surface area contributed by atoms with Crippen molar-refractivity contribution in [1.29, 1.82) is 0 Å². The summed E-state index contributed by atoms with van der Waals surface area (Å²) in [5.74, 6) is 1.03. The van der Waals surface area contributed by atoms with Crippen LogP contribution in [0, 0.1) is 0 Å². The molecular weight excluding hydrogens is 346 g/mol. The molecule has 5 heteroatoms. The molecule has 2 saturated heterocycles. The third-order valence-electron chi connectivity index (χ3n) is 6.43. The first-order valence-corrected chi connectivity index (χ1v) is 11.1. The van der Waals surface area contributed by atoms with Crippen LogP contribution in [-0.2, 0) is 6.54 Å². The second-order valence-corrected chi connectivity index (χ2v) is 8.59. The molecular formula is C23H39N5. The van der Waals surface area contributed by atoms with Gasteiger partial charge < -0.3 is 15.1 Å². The highest BCUT2D eigenvalue weighted by molar-refractivity contribution is 5.79. The zero-order valence-corrected chi connectivity index (χ0v) is 18.2. The van der Waals surface area contributed by atoms with Crippen LogP contribution in [0.1, 0.15) is 44.6 Å². The molecule has 2 aliphatic rings. The van der Waals surface area contributed by atoms with Gasteiger partial charge in [0.2, 0.25) is 0 Å². The average Bonchev–Trinajstić information content (AvgIpc) is 2.74. The number of benzene rings is 1. The van der Waals surface area contributed by atoms with E-state index < -0.39 is 0 Å². The lowest BCUT2D eigenvalue weighted by Crippen LogP contribution is -2.58. The van der Waals surface area contributed by atoms with E-state index in [0.717, 1.165) is 25.6 Å². The Hall–Kier alpha value is -1.59. The molecule has 0 radical (unpaired) electrons. The lowest BCUT2D eigenvalue weighted by Gasteiger charge is -2.49. The van der Waals surface area contributed by atoms with Gasteiger partial charge in [-0.25, -0.2) is 0 Å². The molecule has 28 heavy (non-hydrogen) atoms. The Balaban J connectivity index is 1.73. The predicted molar refractivity (Wildman–Crippen MR) is 119 cm³/mol. The van der Waals surface area contributed by atoms with Crippen molar-refractivity contribution in [3.05, 3.63) is 35.9 Å². The van der Waals surface area contributed by atoms with Gasteiger partial charge in [-0.2, -0.15) is 0 Å². The first kappa shape index (κ1) is 21.1. The number of nitrogens with zero attached hydrogens (tertiary/aromatic N) is 4. The zero-order chi connectivity index (χ0) is 19.8. The van der Waals surface area contributed by atoms with Crippen molar-refractivity contribution < 1.29 is 0 Å². The number of piperidine rings is 2. The number of rotatable bonds is 6. The molecule has 0 unspecified atom stereocenters. The van der Waals surface area contributed by atoms with Gasteiger partial charge in [-0.3, -0.25) is 9.89 Å². The monoisotopic (exact) mass is 385 g/mol. The molecule has 2 aliphatic heterocycles. The van der Waals surface area contributed by atoms with Crippen molar-refractivity contribution >= 4 is 5.96 Å². The van der Waals surface area contributed by atoms with Gasteiger partial charge in [0.1, 0.15) is 0 Å². The highest BCUT2D eigenvalue weighted by Crippen LogP contribution is 2.31. The van der Waals surface area contributed by atoms with E-state index in [1.54, 1.807) is 0 Å². The molecule has 0 saturated carbocycles. The van der Waals surface area contributed by atoms with Gasteiger partial charge in [-0.15, -0.1) is 0 Å². The normalized spacial score (nSPS) is 21.5. The Kier molecular flexibility index (Phi) is 7.74. The molecule has 0 atom stereocenters. The van der Waals surface area contributed by atoms with Gasteiger partial charge >= 0.3 is 0 Å². The SMILES string of the molecule is CCNC(=NCC1(N2CCCCC2)CCN(C)CC1)N(C)Cc1ccccc1. The van der Waals surface area contributed by atoms with E-state index in [4.69, 9.17) is 4.99 Å². The van der Waals surface area contributed by atoms with Crippen LogP contribution in [0.15, 0.2) is 35.3 Å². The van der Waals surface area contributed by atoms with E-state index in [9.17, 15) is 0 Å². The maximum absolute atomic E-state index is 5.18. The van der Waals surface area contributed by atoms with Gasteiger partial charge in [0, 0.05) is 25.7 Å². The molecule has 0 amide bonds. The minimum absolute atomic E-state index is 0.237. The Morgan fingerprint density at radius 1 is 1.07 bits per heavy atom. The number of aliphatic imine (C=N–C) groups is 1. The fraction of sp³-hybridized carbons (Fsp3) is 0.696. The summed E-state index contributed by atoms with van der Waals surface area (Å²) < 4.78 is 0. The fourth-order valence-electron chi connectivity index (χ4n) is 4.60. The standard InChI is InChI=1S/C23H39N5/c1-4-24-22(27(3)19-21-11-7-5-8-12-21)25-20-23(13-17-26(2)18-14-23)28-15-9-6-10-16-28/h5,7-8,11-12H,4,6,9-10,13-20H2,1-3H3,(H,24,25). The van der Waals surface area contributed by atoms with Crippen molar-refractivity contribution in [1.82, 2.24) is 20.0 Å². The summed E-state index contributed by atoms with van der Waals surface area (Å²) in [4.78, 5) is 12.7. The number of nitrogens with one attached hydrogen (secondary N) is 1. The molecule has 156 valence electrons. The highest BCUT2D eigenvalue weighted by Gasteiger charge is 2.39. The largest absolute Gasteiger partial charge is 0.357 e. The smallest absolute Gasteiger partial charge is 0.194 e. The van der Waals surface area contributed by atoms with Crippen molar-refractivity contribution in [2.75, 3.05) is 53.4 Å². The highest BCUT2D eigenvalue weighted by atomic mass is 15.3. The first-order valence-electron chi connectivity index (χ1n) is 11.1. The van der Waals surface area contributed by atoms with Crippen LogP contribution in [0.4, 0.5) is 0 Å². The van der Waals surface area contributed by atoms with Crippen molar-refractivity contribution in [3.63, 3.8) is 0 Å². The average molecular weight is 386 g/mol. The summed E-state index contributed by atoms with van der Waals surface area (Å²) in [5, 5.41) is 3.52. The molecule has 0 aliphatic carbocycles. The maximum atomic E-state index is 5.18. The topological polar surface area (TPSA) is 34.1 Å². The lowest BCUT2D eigenvalue weighted by molar-refractivity contribution is 0.0206. The Bertz CT molecular complexity index is 601. The van der Waals surface area contributed by atoms with Crippen LogP contribution in [-0.4, -0.2) is 79.6 Å². The van der Waals surface area contributed by atoms with E-state index in [0.29, 0.717) is 0 Å². The molecule has 0 aromatic heterocycles. The van der Waals surface area contributed by atoms with Crippen LogP contribution in [0.2, 0.25) is 0 Å². The van der Waals surface area contributed by atoms with Gasteiger partial charge in [0.25, 0.3) is 0 Å². The summed E-state index contributed by atoms with van der Waals surface area (Å²) in [6, 6.07) is 10.7. The van der Waals surface area contributed by atoms with Gasteiger partial charge in [0.05, 0.1) is 6.54 Å². The fourth-order valence-corrected chi connectivity index (χ4v) is 4.60. The van der Waals surface area contributed by atoms with Crippen molar-refractivity contribution in [2.24, 2.45) is 4.99 Å². The molecule has 3 rings (SSSR count). The molecule has 2 fully saturated rings. The summed E-state index contributed by atoms with van der Waals surface area (Å²) in [7, 11) is 4.40. The van der Waals surface area contributed by atoms with Crippen LogP contribution >= 0.6 is 0 Å². The van der Waals surface area contributed by atoms with E-state index in [1.165, 1.54) is 63.8 Å². The zero-order valence-electron chi connectivity index (χ0n) is 18.2. The third kappa shape index (κ3) is 5.48. The first-order chi connectivity index (χ1) is 13.6. The molecule has 0 spiro atoms. The minimum atomic E-state index is 0.237. The van der Waals surface area contributed by atoms with E-state index >= 15 is 0 Å². The second-order valence-electron chi connectivity index (χ2n) is 8.59. The van der Waals surface area contributed by atoms with Gasteiger partial charge in [-0.1, -0.05) is 36.8 Å². The molecule has 2 heterocycles. The number of hydrogen-bond donors (Lipinski definition) is 1. The number of likely N-dealkylation sites (tertiary alicyclic amines) is 2. The minimum Gasteiger partial charge on any atom is -0.357 e. The molecule has 1 aromatic rings. The van der Waals surface area contributed by atoms with Gasteiger partial charge in [0.15, 0.2) is 5.96 Å². The quantitative estimate of drug-likeness (QED) is 0.603. The van der Waals surface area contributed by atoms with Crippen molar-refractivity contribution in [3.8, 4) is 0 Å². The summed E-state index contributed by atoms with van der Waals surface area (Å²) in [6.07, 6.45) is 6.53. The summed E-state index contributed by atoms with van der Waals surface area (Å²) in [5.41, 5.74) is 1.56. The van der Waals surface area contributed by atoms with Gasteiger partial charge in [-0.05, 0) is 71.4 Å². The van der Waals surface area contributed by atoms with Crippen LogP contribution in [0.3, 0.4) is 0 Å². The third-order valence-corrected chi connectivity index (χ3v) is 6.43. The predicted octanol–water partition coefficient (Wildman–Crippen LogP) is 3.03. The maximum Gasteiger partial charge on any atom is 0.194 e. The Morgan fingerprint density at radius 3 is 2.39 bits per heavy atom. The summed E-state index contributed by atoms with van der Waals surface area (Å²) in [6.45, 7) is 9.70. The van der Waals surface area contributed by atoms with Crippen LogP contribution < -0.4 is 5.32 Å². The molecule has 1 N–H and O–H groups in total. The lowest BCUT2D eigenvalue weighted by atomic mass is 9.84. The Labute approximate surface area is 171 Å². The molecule has 5 nitrogen and oxygen atoms in total. The van der Waals surface area contributed by atoms with E-state index in [1.807, 2.05) is 0 Å². The summed E-state index contributed by atoms with van der Waals surface area (Å²) >= 11 is 0. The molecule has 0 bridgehead atoms. The van der Waals surface area contributed by atoms with E-state index in [-0.39, 0.29) is 5.54 Å².